The molecule has 0 heterocycles. The zero-order chi connectivity index (χ0) is 15.3. The molecule has 0 unspecified atom stereocenters. The molecule has 112 valence electrons. The van der Waals surface area contributed by atoms with Crippen LogP contribution in [0.4, 0.5) is 5.69 Å². The molecule has 0 saturated heterocycles. The van der Waals surface area contributed by atoms with Crippen LogP contribution in [-0.2, 0) is 10.0 Å². The molecule has 0 aliphatic carbocycles. The number of benzene rings is 1. The summed E-state index contributed by atoms with van der Waals surface area (Å²) in [7, 11) is -3.39. The van der Waals surface area contributed by atoms with Crippen LogP contribution in [0.5, 0.6) is 0 Å². The van der Waals surface area contributed by atoms with E-state index in [2.05, 4.69) is 9.88 Å². The van der Waals surface area contributed by atoms with Crippen molar-refractivity contribution in [3.63, 3.8) is 0 Å². The van der Waals surface area contributed by atoms with E-state index in [1.807, 2.05) is 13.8 Å². The third-order valence-corrected chi connectivity index (χ3v) is 4.17. The Kier molecular flexibility index (Phi) is 5.38. The van der Waals surface area contributed by atoms with E-state index >= 15 is 0 Å². The minimum absolute atomic E-state index is 0.0624. The van der Waals surface area contributed by atoms with Gasteiger partial charge in [-0.3, -0.25) is 4.72 Å². The second kappa shape index (κ2) is 6.60. The van der Waals surface area contributed by atoms with Crippen LogP contribution >= 0.6 is 0 Å². The molecule has 1 rings (SSSR count). The number of rotatable bonds is 6. The third kappa shape index (κ3) is 4.73. The summed E-state index contributed by atoms with van der Waals surface area (Å²) in [6, 6.07) is 4.93. The number of nitrogens with zero attached hydrogens (tertiary/aromatic N) is 1. The molecule has 20 heavy (non-hydrogen) atoms. The smallest absolute Gasteiger partial charge is 0.232 e. The molecule has 0 saturated carbocycles. The predicted molar refractivity (Wildman–Crippen MR) is 80.6 cm³/mol. The number of sulfonamides is 1. The summed E-state index contributed by atoms with van der Waals surface area (Å²) in [5, 5.41) is 11.6. The Morgan fingerprint density at radius 1 is 1.45 bits per heavy atom. The number of nitrogens with two attached hydrogens (primary N) is 1. The number of nitrogens with one attached hydrogen (secondary N) is 1. The van der Waals surface area contributed by atoms with Gasteiger partial charge in [0.2, 0.25) is 10.0 Å². The van der Waals surface area contributed by atoms with Crippen LogP contribution in [-0.4, -0.2) is 25.2 Å². The Labute approximate surface area is 119 Å². The first-order valence-corrected chi connectivity index (χ1v) is 7.99. The standard InChI is InChI=1S/C13H21N3O3S/c1-9(2)6-7-20(18,19)16-12-8-11(13(14)15-17)5-4-10(12)3/h4-5,8-9,16-17H,6-7H2,1-3H3,(H2,14,15). The molecule has 1 aromatic carbocycles. The number of oxime groups is 1. The fourth-order valence-corrected chi connectivity index (χ4v) is 3.00. The van der Waals surface area contributed by atoms with Crippen molar-refractivity contribution in [2.75, 3.05) is 10.5 Å². The van der Waals surface area contributed by atoms with Crippen LogP contribution in [0, 0.1) is 12.8 Å². The van der Waals surface area contributed by atoms with Crippen molar-refractivity contribution in [2.45, 2.75) is 27.2 Å². The highest BCUT2D eigenvalue weighted by Crippen LogP contribution is 2.19. The summed E-state index contributed by atoms with van der Waals surface area (Å²) in [5.74, 6) is 0.321. The molecule has 0 amide bonds. The summed E-state index contributed by atoms with van der Waals surface area (Å²) in [6.45, 7) is 5.73. The number of hydrogen-bond acceptors (Lipinski definition) is 4. The summed E-state index contributed by atoms with van der Waals surface area (Å²) in [6.07, 6.45) is 0.592. The second-order valence-corrected chi connectivity index (χ2v) is 6.96. The van der Waals surface area contributed by atoms with Crippen molar-refractivity contribution in [1.82, 2.24) is 0 Å². The lowest BCUT2D eigenvalue weighted by atomic mass is 10.1. The average molecular weight is 299 g/mol. The van der Waals surface area contributed by atoms with Crippen molar-refractivity contribution < 1.29 is 13.6 Å². The summed E-state index contributed by atoms with van der Waals surface area (Å²) in [5.41, 5.74) is 7.17. The Morgan fingerprint density at radius 3 is 2.65 bits per heavy atom. The van der Waals surface area contributed by atoms with Crippen LogP contribution in [0.15, 0.2) is 23.4 Å². The van der Waals surface area contributed by atoms with E-state index in [0.717, 1.165) is 5.56 Å². The van der Waals surface area contributed by atoms with Crippen molar-refractivity contribution in [2.24, 2.45) is 16.8 Å². The first kappa shape index (κ1) is 16.3. The molecule has 6 nitrogen and oxygen atoms in total. The normalized spacial score (nSPS) is 12.7. The SMILES string of the molecule is Cc1ccc(C(N)=NO)cc1NS(=O)(=O)CCC(C)C. The van der Waals surface area contributed by atoms with Gasteiger partial charge in [0.05, 0.1) is 11.4 Å². The molecule has 0 aliphatic rings. The van der Waals surface area contributed by atoms with Gasteiger partial charge in [0.15, 0.2) is 5.84 Å². The first-order valence-electron chi connectivity index (χ1n) is 6.34. The highest BCUT2D eigenvalue weighted by molar-refractivity contribution is 7.92. The average Bonchev–Trinajstić information content (AvgIpc) is 2.38. The Morgan fingerprint density at radius 2 is 2.10 bits per heavy atom. The van der Waals surface area contributed by atoms with Crippen LogP contribution in [0.1, 0.15) is 31.4 Å². The van der Waals surface area contributed by atoms with Crippen LogP contribution in [0.2, 0.25) is 0 Å². The van der Waals surface area contributed by atoms with E-state index in [1.54, 1.807) is 25.1 Å². The van der Waals surface area contributed by atoms with E-state index < -0.39 is 10.0 Å². The van der Waals surface area contributed by atoms with Crippen molar-refractivity contribution >= 4 is 21.5 Å². The Hall–Kier alpha value is -1.76. The first-order chi connectivity index (χ1) is 9.25. The highest BCUT2D eigenvalue weighted by Gasteiger charge is 2.13. The highest BCUT2D eigenvalue weighted by atomic mass is 32.2. The number of anilines is 1. The fraction of sp³-hybridized carbons (Fsp3) is 0.462. The van der Waals surface area contributed by atoms with Gasteiger partial charge in [-0.2, -0.15) is 0 Å². The monoisotopic (exact) mass is 299 g/mol. The fourth-order valence-electron chi connectivity index (χ4n) is 1.56. The maximum atomic E-state index is 12.0. The van der Waals surface area contributed by atoms with E-state index in [1.165, 1.54) is 0 Å². The lowest BCUT2D eigenvalue weighted by molar-refractivity contribution is 0.318. The quantitative estimate of drug-likeness (QED) is 0.323. The maximum Gasteiger partial charge on any atom is 0.232 e. The van der Waals surface area contributed by atoms with E-state index in [4.69, 9.17) is 10.9 Å². The minimum Gasteiger partial charge on any atom is -0.409 e. The topological polar surface area (TPSA) is 105 Å². The zero-order valence-electron chi connectivity index (χ0n) is 11.9. The largest absolute Gasteiger partial charge is 0.409 e. The van der Waals surface area contributed by atoms with Crippen molar-refractivity contribution in [3.05, 3.63) is 29.3 Å². The zero-order valence-corrected chi connectivity index (χ0v) is 12.7. The van der Waals surface area contributed by atoms with Gasteiger partial charge in [-0.25, -0.2) is 8.42 Å². The molecule has 0 aromatic heterocycles. The molecule has 0 fully saturated rings. The van der Waals surface area contributed by atoms with Gasteiger partial charge in [-0.15, -0.1) is 0 Å². The van der Waals surface area contributed by atoms with E-state index in [-0.39, 0.29) is 11.6 Å². The van der Waals surface area contributed by atoms with Gasteiger partial charge in [0.25, 0.3) is 0 Å². The minimum atomic E-state index is -3.39. The number of hydrogen-bond donors (Lipinski definition) is 3. The van der Waals surface area contributed by atoms with Gasteiger partial charge >= 0.3 is 0 Å². The third-order valence-electron chi connectivity index (χ3n) is 2.87. The molecule has 0 aliphatic heterocycles. The Balaban J connectivity index is 2.97. The lowest BCUT2D eigenvalue weighted by Gasteiger charge is -2.12. The summed E-state index contributed by atoms with van der Waals surface area (Å²) < 4.78 is 26.5. The Bertz CT molecular complexity index is 595. The van der Waals surface area contributed by atoms with Gasteiger partial charge in [-0.1, -0.05) is 31.1 Å². The molecular formula is C13H21N3O3S. The van der Waals surface area contributed by atoms with Crippen LogP contribution in [0.3, 0.4) is 0 Å². The van der Waals surface area contributed by atoms with E-state index in [9.17, 15) is 8.42 Å². The van der Waals surface area contributed by atoms with Crippen molar-refractivity contribution in [3.8, 4) is 0 Å². The molecule has 0 atom stereocenters. The van der Waals surface area contributed by atoms with Crippen LogP contribution in [0.25, 0.3) is 0 Å². The molecule has 0 radical (unpaired) electrons. The van der Waals surface area contributed by atoms with Gasteiger partial charge < -0.3 is 10.9 Å². The maximum absolute atomic E-state index is 12.0. The van der Waals surface area contributed by atoms with Gasteiger partial charge in [0, 0.05) is 5.56 Å². The number of aryl methyl sites for hydroxylation is 1. The van der Waals surface area contributed by atoms with Crippen LogP contribution < -0.4 is 10.5 Å². The molecule has 1 aromatic rings. The van der Waals surface area contributed by atoms with Gasteiger partial charge in [0.1, 0.15) is 0 Å². The second-order valence-electron chi connectivity index (χ2n) is 5.12. The summed E-state index contributed by atoms with van der Waals surface area (Å²) in [4.78, 5) is 0. The molecule has 4 N–H and O–H groups in total. The molecule has 0 bridgehead atoms. The van der Waals surface area contributed by atoms with Crippen molar-refractivity contribution in [1.29, 1.82) is 0 Å². The molecular weight excluding hydrogens is 278 g/mol. The van der Waals surface area contributed by atoms with E-state index in [0.29, 0.717) is 23.6 Å². The molecule has 7 heteroatoms. The number of amidine groups is 1. The van der Waals surface area contributed by atoms with Gasteiger partial charge in [-0.05, 0) is 30.9 Å². The predicted octanol–water partition coefficient (Wildman–Crippen LogP) is 1.88. The molecule has 0 spiro atoms. The lowest BCUT2D eigenvalue weighted by Crippen LogP contribution is -2.19. The summed E-state index contributed by atoms with van der Waals surface area (Å²) >= 11 is 0.